The fourth-order valence-electron chi connectivity index (χ4n) is 3.16. The Morgan fingerprint density at radius 2 is 2.00 bits per heavy atom. The smallest absolute Gasteiger partial charge is 0.234 e. The van der Waals surface area contributed by atoms with E-state index < -0.39 is 0 Å². The van der Waals surface area contributed by atoms with Gasteiger partial charge >= 0.3 is 0 Å². The maximum atomic E-state index is 12.6. The van der Waals surface area contributed by atoms with Crippen molar-refractivity contribution in [2.75, 3.05) is 18.2 Å². The quantitative estimate of drug-likeness (QED) is 0.473. The maximum absolute atomic E-state index is 12.6. The highest BCUT2D eigenvalue weighted by Gasteiger charge is 2.16. The van der Waals surface area contributed by atoms with Gasteiger partial charge in [-0.1, -0.05) is 30.0 Å². The summed E-state index contributed by atoms with van der Waals surface area (Å²) < 4.78 is 11.4. The van der Waals surface area contributed by atoms with E-state index in [4.69, 9.17) is 9.15 Å². The van der Waals surface area contributed by atoms with Crippen molar-refractivity contribution in [2.45, 2.75) is 18.9 Å². The number of amides is 1. The molecule has 0 saturated carbocycles. The average Bonchev–Trinajstić information content (AvgIpc) is 3.11. The number of aryl methyl sites for hydroxylation is 1. The fraction of sp³-hybridized carbons (Fsp3) is 0.182. The van der Waals surface area contributed by atoms with Gasteiger partial charge in [0.2, 0.25) is 5.91 Å². The Morgan fingerprint density at radius 3 is 2.77 bits per heavy atom. The summed E-state index contributed by atoms with van der Waals surface area (Å²) in [5.74, 6) is 0.362. The number of benzene rings is 2. The van der Waals surface area contributed by atoms with Crippen molar-refractivity contribution in [3.63, 3.8) is 0 Å². The second kappa shape index (κ2) is 8.05. The molecule has 1 N–H and O–H groups in total. The molecule has 8 heteroatoms. The van der Waals surface area contributed by atoms with Gasteiger partial charge in [-0.25, -0.2) is 0 Å². The molecule has 0 fully saturated rings. The van der Waals surface area contributed by atoms with E-state index in [-0.39, 0.29) is 11.7 Å². The van der Waals surface area contributed by atoms with E-state index in [1.165, 1.54) is 11.8 Å². The second-order valence-electron chi connectivity index (χ2n) is 6.69. The zero-order chi connectivity index (χ0) is 21.3. The molecule has 2 heterocycles. The van der Waals surface area contributed by atoms with E-state index in [1.54, 1.807) is 20.1 Å². The first-order valence-electron chi connectivity index (χ1n) is 9.17. The number of carbonyl (C=O) groups is 1. The molecule has 0 aliphatic heterocycles. The molecule has 0 atom stereocenters. The van der Waals surface area contributed by atoms with Crippen molar-refractivity contribution in [2.24, 2.45) is 0 Å². The number of methoxy groups -OCH3 is 1. The molecule has 7 nitrogen and oxygen atoms in total. The van der Waals surface area contributed by atoms with Crippen LogP contribution < -0.4 is 10.1 Å². The zero-order valence-corrected chi connectivity index (χ0v) is 17.5. The summed E-state index contributed by atoms with van der Waals surface area (Å²) >= 11 is 1.17. The first-order chi connectivity index (χ1) is 14.5. The summed E-state index contributed by atoms with van der Waals surface area (Å²) in [6.07, 6.45) is 0. The molecule has 1 amide bonds. The Hall–Kier alpha value is -3.57. The van der Waals surface area contributed by atoms with Crippen LogP contribution >= 0.6 is 11.8 Å². The zero-order valence-electron chi connectivity index (χ0n) is 16.6. The Morgan fingerprint density at radius 1 is 1.20 bits per heavy atom. The third-order valence-corrected chi connectivity index (χ3v) is 5.81. The van der Waals surface area contributed by atoms with Gasteiger partial charge in [-0.05, 0) is 31.5 Å². The molecule has 0 unspecified atom stereocenters. The van der Waals surface area contributed by atoms with Gasteiger partial charge in [0.1, 0.15) is 28.0 Å². The molecule has 0 bridgehead atoms. The predicted molar refractivity (Wildman–Crippen MR) is 116 cm³/mol. The van der Waals surface area contributed by atoms with Gasteiger partial charge in [0.25, 0.3) is 0 Å². The molecule has 4 rings (SSSR count). The number of para-hydroxylation sites is 1. The summed E-state index contributed by atoms with van der Waals surface area (Å²) in [5.41, 5.74) is 3.86. The number of anilines is 1. The second-order valence-corrected chi connectivity index (χ2v) is 7.65. The number of aromatic nitrogens is 2. The molecule has 30 heavy (non-hydrogen) atoms. The molecular formula is C22H18N4O3S. The molecule has 4 aromatic rings. The van der Waals surface area contributed by atoms with Crippen LogP contribution in [0, 0.1) is 25.2 Å². The van der Waals surface area contributed by atoms with E-state index in [9.17, 15) is 10.1 Å². The number of thioether (sulfide) groups is 1. The maximum Gasteiger partial charge on any atom is 0.234 e. The minimum Gasteiger partial charge on any atom is -0.495 e. The van der Waals surface area contributed by atoms with Gasteiger partial charge in [0.15, 0.2) is 0 Å². The van der Waals surface area contributed by atoms with E-state index in [0.717, 1.165) is 21.9 Å². The highest BCUT2D eigenvalue weighted by molar-refractivity contribution is 8.00. The fourth-order valence-corrected chi connectivity index (χ4v) is 3.94. The van der Waals surface area contributed by atoms with Crippen molar-refractivity contribution in [3.8, 4) is 11.8 Å². The Bertz CT molecular complexity index is 1320. The van der Waals surface area contributed by atoms with Gasteiger partial charge in [-0.15, -0.1) is 5.10 Å². The first kappa shape index (κ1) is 19.7. The number of rotatable bonds is 5. The first-order valence-corrected chi connectivity index (χ1v) is 10.2. The molecule has 2 aromatic heterocycles. The summed E-state index contributed by atoms with van der Waals surface area (Å²) in [7, 11) is 1.55. The minimum absolute atomic E-state index is 0.0766. The Kier molecular flexibility index (Phi) is 5.29. The number of nitriles is 1. The van der Waals surface area contributed by atoms with Crippen LogP contribution in [0.15, 0.2) is 45.8 Å². The van der Waals surface area contributed by atoms with Crippen LogP contribution in [0.25, 0.3) is 21.9 Å². The van der Waals surface area contributed by atoms with Crippen LogP contribution in [0.5, 0.6) is 5.75 Å². The number of carbonyl (C=O) groups excluding carboxylic acids is 1. The molecule has 0 saturated heterocycles. The lowest BCUT2D eigenvalue weighted by atomic mass is 10.1. The molecule has 2 aromatic carbocycles. The molecule has 150 valence electrons. The van der Waals surface area contributed by atoms with Crippen molar-refractivity contribution in [3.05, 3.63) is 53.2 Å². The largest absolute Gasteiger partial charge is 0.495 e. The highest BCUT2D eigenvalue weighted by atomic mass is 32.2. The number of ether oxygens (including phenoxy) is 1. The number of nitrogens with zero attached hydrogens (tertiary/aromatic N) is 3. The topological polar surface area (TPSA) is 101 Å². The summed E-state index contributed by atoms with van der Waals surface area (Å²) in [6.45, 7) is 3.62. The van der Waals surface area contributed by atoms with Gasteiger partial charge in [0.05, 0.1) is 29.8 Å². The van der Waals surface area contributed by atoms with E-state index in [2.05, 4.69) is 21.6 Å². The Labute approximate surface area is 177 Å². The van der Waals surface area contributed by atoms with Crippen molar-refractivity contribution < 1.29 is 13.9 Å². The van der Waals surface area contributed by atoms with Crippen molar-refractivity contribution >= 4 is 45.3 Å². The standard InChI is InChI=1S/C22H18N4O3S/c1-12-13(2)25-26-22(16(12)10-23)30-11-21(27)24-17-9-19-15(8-20(17)28-3)14-6-4-5-7-18(14)29-19/h4-9H,11H2,1-3H3,(H,24,27). The van der Waals surface area contributed by atoms with Crippen LogP contribution in [0.4, 0.5) is 5.69 Å². The number of furan rings is 1. The number of fused-ring (bicyclic) bond motifs is 3. The van der Waals surface area contributed by atoms with Gasteiger partial charge in [0, 0.05) is 16.8 Å². The number of nitrogens with one attached hydrogen (secondary N) is 1. The number of hydrogen-bond acceptors (Lipinski definition) is 7. The normalized spacial score (nSPS) is 10.9. The molecule has 0 radical (unpaired) electrons. The lowest BCUT2D eigenvalue weighted by Crippen LogP contribution is -2.15. The van der Waals surface area contributed by atoms with Crippen LogP contribution in [0.2, 0.25) is 0 Å². The number of hydrogen-bond donors (Lipinski definition) is 1. The third-order valence-electron chi connectivity index (χ3n) is 4.85. The Balaban J connectivity index is 1.57. The van der Waals surface area contributed by atoms with Crippen molar-refractivity contribution in [1.29, 1.82) is 5.26 Å². The van der Waals surface area contributed by atoms with Crippen LogP contribution in [0.3, 0.4) is 0 Å². The van der Waals surface area contributed by atoms with Crippen LogP contribution in [0.1, 0.15) is 16.8 Å². The molecule has 0 aliphatic rings. The monoisotopic (exact) mass is 418 g/mol. The lowest BCUT2D eigenvalue weighted by Gasteiger charge is -2.11. The third kappa shape index (κ3) is 3.55. The predicted octanol–water partition coefficient (Wildman–Crippen LogP) is 4.60. The molecular weight excluding hydrogens is 400 g/mol. The van der Waals surface area contributed by atoms with Crippen LogP contribution in [-0.2, 0) is 4.79 Å². The minimum atomic E-state index is -0.252. The lowest BCUT2D eigenvalue weighted by molar-refractivity contribution is -0.113. The van der Waals surface area contributed by atoms with Crippen molar-refractivity contribution in [1.82, 2.24) is 10.2 Å². The SMILES string of the molecule is COc1cc2c(cc1NC(=O)CSc1nnc(C)c(C)c1C#N)oc1ccccc12. The highest BCUT2D eigenvalue weighted by Crippen LogP contribution is 2.36. The summed E-state index contributed by atoms with van der Waals surface area (Å²) in [5, 5.41) is 22.7. The van der Waals surface area contributed by atoms with E-state index in [1.807, 2.05) is 37.3 Å². The molecule has 0 aliphatic carbocycles. The van der Waals surface area contributed by atoms with E-state index >= 15 is 0 Å². The van der Waals surface area contributed by atoms with Gasteiger partial charge in [-0.2, -0.15) is 10.4 Å². The van der Waals surface area contributed by atoms with E-state index in [0.29, 0.717) is 33.3 Å². The van der Waals surface area contributed by atoms with Gasteiger partial charge in [-0.3, -0.25) is 4.79 Å². The van der Waals surface area contributed by atoms with Gasteiger partial charge < -0.3 is 14.5 Å². The summed E-state index contributed by atoms with van der Waals surface area (Å²) in [4.78, 5) is 12.6. The average molecular weight is 418 g/mol. The summed E-state index contributed by atoms with van der Waals surface area (Å²) in [6, 6.07) is 13.5. The molecule has 0 spiro atoms. The van der Waals surface area contributed by atoms with Crippen LogP contribution in [-0.4, -0.2) is 29.0 Å².